The summed E-state index contributed by atoms with van der Waals surface area (Å²) in [5.74, 6) is 5.89. The highest BCUT2D eigenvalue weighted by atomic mass is 31.1. The lowest BCUT2D eigenvalue weighted by atomic mass is 10.0. The van der Waals surface area contributed by atoms with Gasteiger partial charge in [-0.25, -0.2) is 0 Å². The van der Waals surface area contributed by atoms with Crippen molar-refractivity contribution in [1.82, 2.24) is 0 Å². The van der Waals surface area contributed by atoms with Gasteiger partial charge < -0.3 is 0 Å². The molecule has 4 heteroatoms. The van der Waals surface area contributed by atoms with Crippen LogP contribution in [0.3, 0.4) is 0 Å². The van der Waals surface area contributed by atoms with Gasteiger partial charge in [-0.3, -0.25) is 0 Å². The predicted octanol–water partition coefficient (Wildman–Crippen LogP) is 2.66. The van der Waals surface area contributed by atoms with Crippen LogP contribution in [0.4, 0.5) is 0 Å². The first-order valence-corrected chi connectivity index (χ1v) is 6.17. The lowest BCUT2D eigenvalue weighted by Gasteiger charge is -2.02. The highest BCUT2D eigenvalue weighted by Gasteiger charge is 2.10. The van der Waals surface area contributed by atoms with Gasteiger partial charge in [-0.15, -0.1) is 15.3 Å². The molecule has 16 heavy (non-hydrogen) atoms. The van der Waals surface area contributed by atoms with Crippen LogP contribution in [0.2, 0.25) is 0 Å². The quantitative estimate of drug-likeness (QED) is 0.486. The Kier molecular flexibility index (Phi) is 5.74. The Hall–Kier alpha value is -1.20. The van der Waals surface area contributed by atoms with Crippen molar-refractivity contribution in [2.75, 3.05) is 6.61 Å². The van der Waals surface area contributed by atoms with Gasteiger partial charge in [0.2, 0.25) is 0 Å². The van der Waals surface area contributed by atoms with E-state index in [4.69, 9.17) is 4.89 Å². The zero-order chi connectivity index (χ0) is 11.8. The molecule has 0 aliphatic rings. The van der Waals surface area contributed by atoms with Crippen LogP contribution < -0.4 is 0 Å². The van der Waals surface area contributed by atoms with Crippen molar-refractivity contribution in [3.05, 3.63) is 35.4 Å². The minimum atomic E-state index is -2.47. The van der Waals surface area contributed by atoms with Crippen molar-refractivity contribution in [2.45, 2.75) is 19.8 Å². The summed E-state index contributed by atoms with van der Waals surface area (Å²) in [5.41, 5.74) is 2.16. The molecule has 0 saturated heterocycles. The van der Waals surface area contributed by atoms with Gasteiger partial charge in [0, 0.05) is 10.1 Å². The fourth-order valence-corrected chi connectivity index (χ4v) is 1.69. The molecule has 0 spiro atoms. The summed E-state index contributed by atoms with van der Waals surface area (Å²) >= 11 is 0. The maximum Gasteiger partial charge on any atom is 0.694 e. The Morgan fingerprint density at radius 3 is 2.88 bits per heavy atom. The topological polar surface area (TPSA) is 46.5 Å². The molecule has 0 amide bonds. The number of benzene rings is 1. The van der Waals surface area contributed by atoms with E-state index in [0.29, 0.717) is 13.0 Å². The van der Waals surface area contributed by atoms with E-state index in [1.807, 2.05) is 24.3 Å². The van der Waals surface area contributed by atoms with Crippen molar-refractivity contribution in [1.29, 1.82) is 0 Å². The van der Waals surface area contributed by atoms with Gasteiger partial charge in [-0.1, -0.05) is 24.1 Å². The molecular weight excluding hydrogens is 223 g/mol. The van der Waals surface area contributed by atoms with Crippen LogP contribution in [-0.4, -0.2) is 11.5 Å². The van der Waals surface area contributed by atoms with E-state index >= 15 is 0 Å². The fraction of sp³-hybridized carbons (Fsp3) is 0.333. The molecule has 1 N–H and O–H groups in total. The molecule has 1 unspecified atom stereocenters. The molecule has 0 radical (unpaired) electrons. The SMILES string of the molecule is CC#Cc1ccccc1CCCO[P+](=O)O. The molecule has 1 atom stereocenters. The van der Waals surface area contributed by atoms with Crippen LogP contribution in [0, 0.1) is 11.8 Å². The third-order valence-electron chi connectivity index (χ3n) is 2.07. The minimum Gasteiger partial charge on any atom is -0.133 e. The number of aryl methyl sites for hydroxylation is 1. The van der Waals surface area contributed by atoms with Gasteiger partial charge >= 0.3 is 8.25 Å². The van der Waals surface area contributed by atoms with Gasteiger partial charge in [-0.2, -0.15) is 0 Å². The summed E-state index contributed by atoms with van der Waals surface area (Å²) in [6.45, 7) is 2.09. The average Bonchev–Trinajstić information content (AvgIpc) is 2.26. The lowest BCUT2D eigenvalue weighted by molar-refractivity contribution is 0.277. The molecule has 1 aromatic rings. The zero-order valence-corrected chi connectivity index (χ0v) is 10.0. The minimum absolute atomic E-state index is 0.291. The lowest BCUT2D eigenvalue weighted by Crippen LogP contribution is -1.94. The first kappa shape index (κ1) is 12.9. The third kappa shape index (κ3) is 4.55. The Morgan fingerprint density at radius 1 is 1.44 bits per heavy atom. The van der Waals surface area contributed by atoms with Gasteiger partial charge in [0.1, 0.15) is 6.61 Å². The second-order valence-corrected chi connectivity index (χ2v) is 3.94. The van der Waals surface area contributed by atoms with E-state index in [0.717, 1.165) is 17.5 Å². The molecule has 0 aliphatic carbocycles. The van der Waals surface area contributed by atoms with Gasteiger partial charge in [0.15, 0.2) is 0 Å². The molecule has 1 aromatic carbocycles. The third-order valence-corrected chi connectivity index (χ3v) is 2.47. The zero-order valence-electron chi connectivity index (χ0n) is 9.14. The van der Waals surface area contributed by atoms with Crippen LogP contribution in [0.5, 0.6) is 0 Å². The first-order chi connectivity index (χ1) is 7.74. The summed E-state index contributed by atoms with van der Waals surface area (Å²) in [6, 6.07) is 7.89. The molecule has 0 aliphatic heterocycles. The summed E-state index contributed by atoms with van der Waals surface area (Å²) in [6.07, 6.45) is 1.51. The fourth-order valence-electron chi connectivity index (χ4n) is 1.40. The normalized spacial score (nSPS) is 10.5. The molecule has 0 saturated carbocycles. The van der Waals surface area contributed by atoms with E-state index < -0.39 is 8.25 Å². The van der Waals surface area contributed by atoms with Gasteiger partial charge in [-0.05, 0) is 31.4 Å². The highest BCUT2D eigenvalue weighted by molar-refractivity contribution is 7.32. The van der Waals surface area contributed by atoms with Crippen LogP contribution >= 0.6 is 8.25 Å². The van der Waals surface area contributed by atoms with Gasteiger partial charge in [0.25, 0.3) is 0 Å². The predicted molar refractivity (Wildman–Crippen MR) is 63.1 cm³/mol. The summed E-state index contributed by atoms with van der Waals surface area (Å²) in [4.78, 5) is 8.45. The standard InChI is InChI=1S/C12H13O3P/c1-2-6-11-7-3-4-8-12(11)9-5-10-15-16(13)14/h3-4,7-8H,5,9-10H2,1H3/p+1. The Balaban J connectivity index is 2.52. The van der Waals surface area contributed by atoms with Crippen LogP contribution in [-0.2, 0) is 15.5 Å². The average molecular weight is 237 g/mol. The molecule has 84 valence electrons. The van der Waals surface area contributed by atoms with Crippen molar-refractivity contribution < 1.29 is 14.0 Å². The molecule has 0 aromatic heterocycles. The summed E-state index contributed by atoms with van der Waals surface area (Å²) in [5, 5.41) is 0. The number of hydrogen-bond acceptors (Lipinski definition) is 2. The molecule has 0 bridgehead atoms. The monoisotopic (exact) mass is 237 g/mol. The molecule has 3 nitrogen and oxygen atoms in total. The first-order valence-electron chi connectivity index (χ1n) is 5.03. The van der Waals surface area contributed by atoms with Crippen molar-refractivity contribution >= 4 is 8.25 Å². The second-order valence-electron chi connectivity index (χ2n) is 3.21. The van der Waals surface area contributed by atoms with Crippen LogP contribution in [0.1, 0.15) is 24.5 Å². The number of hydrogen-bond donors (Lipinski definition) is 1. The summed E-state index contributed by atoms with van der Waals surface area (Å²) < 4.78 is 14.9. The highest BCUT2D eigenvalue weighted by Crippen LogP contribution is 2.16. The van der Waals surface area contributed by atoms with E-state index in [-0.39, 0.29) is 0 Å². The van der Waals surface area contributed by atoms with Gasteiger partial charge in [0.05, 0.1) is 0 Å². The van der Waals surface area contributed by atoms with Crippen molar-refractivity contribution in [3.63, 3.8) is 0 Å². The van der Waals surface area contributed by atoms with E-state index in [1.54, 1.807) is 6.92 Å². The van der Waals surface area contributed by atoms with E-state index in [9.17, 15) is 4.57 Å². The molecular formula is C12H14O3P+. The maximum absolute atomic E-state index is 10.3. The second kappa shape index (κ2) is 7.14. The Labute approximate surface area is 96.4 Å². The van der Waals surface area contributed by atoms with Crippen LogP contribution in [0.15, 0.2) is 24.3 Å². The summed E-state index contributed by atoms with van der Waals surface area (Å²) in [7, 11) is -2.47. The Bertz CT molecular complexity index is 418. The molecule has 0 heterocycles. The molecule has 1 rings (SSSR count). The molecule has 0 fully saturated rings. The van der Waals surface area contributed by atoms with Crippen molar-refractivity contribution in [3.8, 4) is 11.8 Å². The smallest absolute Gasteiger partial charge is 0.133 e. The van der Waals surface area contributed by atoms with E-state index in [1.165, 1.54) is 0 Å². The largest absolute Gasteiger partial charge is 0.694 e. The van der Waals surface area contributed by atoms with Crippen LogP contribution in [0.25, 0.3) is 0 Å². The Morgan fingerprint density at radius 2 is 2.19 bits per heavy atom. The number of rotatable bonds is 5. The van der Waals surface area contributed by atoms with E-state index in [2.05, 4.69) is 16.4 Å². The van der Waals surface area contributed by atoms with Crippen molar-refractivity contribution in [2.24, 2.45) is 0 Å². The maximum atomic E-state index is 10.3.